The Balaban J connectivity index is 2.55. The fourth-order valence-corrected chi connectivity index (χ4v) is 1.47. The quantitative estimate of drug-likeness (QED) is 0.498. The van der Waals surface area contributed by atoms with E-state index < -0.39 is 23.2 Å². The molecule has 3 N–H and O–H groups in total. The lowest BCUT2D eigenvalue weighted by molar-refractivity contribution is -0.138. The third-order valence-electron chi connectivity index (χ3n) is 2.54. The highest BCUT2D eigenvalue weighted by Crippen LogP contribution is 2.01. The molecule has 0 saturated carbocycles. The summed E-state index contributed by atoms with van der Waals surface area (Å²) in [6, 6.07) is -0.901. The van der Waals surface area contributed by atoms with Crippen molar-refractivity contribution in [2.45, 2.75) is 38.8 Å². The van der Waals surface area contributed by atoms with Crippen LogP contribution in [0.2, 0.25) is 0 Å². The lowest BCUT2D eigenvalue weighted by atomic mass is 10.1. The predicted octanol–water partition coefficient (Wildman–Crippen LogP) is -0.913. The van der Waals surface area contributed by atoms with E-state index in [2.05, 4.69) is 9.68 Å². The van der Waals surface area contributed by atoms with E-state index in [0.717, 1.165) is 0 Å². The molecular weight excluding hydrogens is 242 g/mol. The number of nitrogens with two attached hydrogens (primary N) is 1. The number of rotatable bonds is 6. The minimum absolute atomic E-state index is 0.287. The van der Waals surface area contributed by atoms with Crippen LogP contribution < -0.4 is 16.9 Å². The van der Waals surface area contributed by atoms with Gasteiger partial charge in [-0.2, -0.15) is 0 Å². The molecule has 0 unspecified atom stereocenters. The molecule has 8 nitrogen and oxygen atoms in total. The molecule has 1 aromatic rings. The molecule has 0 aliphatic heterocycles. The Hall–Kier alpha value is -1.96. The molecule has 1 heterocycles. The first-order valence-electron chi connectivity index (χ1n) is 5.49. The summed E-state index contributed by atoms with van der Waals surface area (Å²) in [5.41, 5.74) is 3.56. The van der Waals surface area contributed by atoms with Gasteiger partial charge in [-0.25, -0.2) is 4.79 Å². The maximum atomic E-state index is 11.4. The Kier molecular flexibility index (Phi) is 4.78. The molecule has 0 fully saturated rings. The Morgan fingerprint density at radius 3 is 2.78 bits per heavy atom. The second kappa shape index (κ2) is 6.10. The van der Waals surface area contributed by atoms with E-state index in [1.807, 2.05) is 0 Å². The molecule has 1 rings (SSSR count). The van der Waals surface area contributed by atoms with E-state index in [-0.39, 0.29) is 6.54 Å². The predicted molar refractivity (Wildman–Crippen MR) is 61.2 cm³/mol. The van der Waals surface area contributed by atoms with Gasteiger partial charge < -0.3 is 15.4 Å². The Bertz CT molecular complexity index is 533. The zero-order chi connectivity index (χ0) is 13.7. The van der Waals surface area contributed by atoms with E-state index in [1.165, 1.54) is 4.57 Å². The maximum absolute atomic E-state index is 11.4. The number of aryl methyl sites for hydroxylation is 1. The number of aromatic nitrogens is 2. The summed E-state index contributed by atoms with van der Waals surface area (Å²) in [5, 5.41) is 12.0. The number of hydrogen-bond donors (Lipinski definition) is 2. The highest BCUT2D eigenvalue weighted by atomic mass is 16.5. The van der Waals surface area contributed by atoms with Gasteiger partial charge in [-0.3, -0.25) is 14.2 Å². The van der Waals surface area contributed by atoms with Crippen LogP contribution in [0, 0.1) is 6.92 Å². The molecule has 1 atom stereocenters. The standard InChI is InChI=1S/C10H15N3O5/c1-6-12-18-10(17)8(14)13(6)5-3-2-4-7(11)9(15)16/h7H,2-5,11H2,1H3,(H,15,16)/t7-/m0/s1. The van der Waals surface area contributed by atoms with Crippen LogP contribution in [0.4, 0.5) is 0 Å². The van der Waals surface area contributed by atoms with Crippen LogP contribution in [0.5, 0.6) is 0 Å². The maximum Gasteiger partial charge on any atom is 0.423 e. The summed E-state index contributed by atoms with van der Waals surface area (Å²) in [7, 11) is 0. The zero-order valence-electron chi connectivity index (χ0n) is 9.96. The number of hydrogen-bond acceptors (Lipinski definition) is 6. The molecule has 0 spiro atoms. The summed E-state index contributed by atoms with van der Waals surface area (Å²) in [4.78, 5) is 32.9. The highest BCUT2D eigenvalue weighted by Gasteiger charge is 2.11. The Morgan fingerprint density at radius 1 is 1.50 bits per heavy atom. The molecule has 0 amide bonds. The second-order valence-electron chi connectivity index (χ2n) is 3.91. The van der Waals surface area contributed by atoms with E-state index >= 15 is 0 Å². The van der Waals surface area contributed by atoms with Crippen LogP contribution in [-0.2, 0) is 11.3 Å². The van der Waals surface area contributed by atoms with Crippen molar-refractivity contribution in [2.75, 3.05) is 0 Å². The first kappa shape index (κ1) is 14.1. The minimum atomic E-state index is -1.05. The van der Waals surface area contributed by atoms with Crippen LogP contribution in [0.15, 0.2) is 14.1 Å². The summed E-state index contributed by atoms with van der Waals surface area (Å²) < 4.78 is 5.48. The van der Waals surface area contributed by atoms with Crippen molar-refractivity contribution in [2.24, 2.45) is 5.73 Å². The van der Waals surface area contributed by atoms with Crippen molar-refractivity contribution in [3.8, 4) is 0 Å². The molecule has 18 heavy (non-hydrogen) atoms. The fourth-order valence-electron chi connectivity index (χ4n) is 1.47. The van der Waals surface area contributed by atoms with Gasteiger partial charge in [0.1, 0.15) is 11.9 Å². The van der Waals surface area contributed by atoms with Crippen molar-refractivity contribution >= 4 is 5.97 Å². The summed E-state index contributed by atoms with van der Waals surface area (Å²) >= 11 is 0. The lowest BCUT2D eigenvalue weighted by Gasteiger charge is -2.08. The van der Waals surface area contributed by atoms with Gasteiger partial charge in [0.15, 0.2) is 0 Å². The monoisotopic (exact) mass is 257 g/mol. The Morgan fingerprint density at radius 2 is 2.17 bits per heavy atom. The molecule has 0 bridgehead atoms. The summed E-state index contributed by atoms with van der Waals surface area (Å²) in [6.45, 7) is 1.84. The zero-order valence-corrected chi connectivity index (χ0v) is 9.96. The molecular formula is C10H15N3O5. The van der Waals surface area contributed by atoms with Crippen molar-refractivity contribution in [3.63, 3.8) is 0 Å². The van der Waals surface area contributed by atoms with Crippen molar-refractivity contribution in [1.29, 1.82) is 0 Å². The van der Waals surface area contributed by atoms with E-state index in [9.17, 15) is 14.4 Å². The molecule has 0 radical (unpaired) electrons. The van der Waals surface area contributed by atoms with Crippen LogP contribution in [-0.4, -0.2) is 26.8 Å². The first-order valence-corrected chi connectivity index (χ1v) is 5.49. The number of carboxylic acid groups (broad SMARTS) is 1. The third-order valence-corrected chi connectivity index (χ3v) is 2.54. The molecule has 1 aromatic heterocycles. The van der Waals surface area contributed by atoms with Gasteiger partial charge >= 0.3 is 17.2 Å². The molecule has 0 aliphatic carbocycles. The fraction of sp³-hybridized carbons (Fsp3) is 0.600. The third kappa shape index (κ3) is 3.52. The summed E-state index contributed by atoms with van der Waals surface area (Å²) in [5.74, 6) is -0.743. The first-order chi connectivity index (χ1) is 8.43. The second-order valence-corrected chi connectivity index (χ2v) is 3.91. The van der Waals surface area contributed by atoms with E-state index in [0.29, 0.717) is 25.1 Å². The van der Waals surface area contributed by atoms with Gasteiger partial charge in [0, 0.05) is 6.54 Å². The largest absolute Gasteiger partial charge is 0.480 e. The van der Waals surface area contributed by atoms with Gasteiger partial charge in [-0.1, -0.05) is 5.16 Å². The van der Waals surface area contributed by atoms with Crippen LogP contribution >= 0.6 is 0 Å². The molecule has 0 saturated heterocycles. The lowest BCUT2D eigenvalue weighted by Crippen LogP contribution is -2.36. The van der Waals surface area contributed by atoms with Gasteiger partial charge in [-0.15, -0.1) is 0 Å². The topological polar surface area (TPSA) is 128 Å². The molecule has 8 heteroatoms. The smallest absolute Gasteiger partial charge is 0.423 e. The van der Waals surface area contributed by atoms with Gasteiger partial charge in [-0.05, 0) is 26.2 Å². The van der Waals surface area contributed by atoms with Crippen LogP contribution in [0.1, 0.15) is 25.1 Å². The number of carbonyl (C=O) groups is 1. The van der Waals surface area contributed by atoms with Crippen LogP contribution in [0.25, 0.3) is 0 Å². The van der Waals surface area contributed by atoms with Gasteiger partial charge in [0.25, 0.3) is 0 Å². The van der Waals surface area contributed by atoms with Crippen molar-refractivity contribution in [1.82, 2.24) is 9.72 Å². The number of aliphatic carboxylic acids is 1. The van der Waals surface area contributed by atoms with Gasteiger partial charge in [0.2, 0.25) is 0 Å². The molecule has 0 aromatic carbocycles. The normalized spacial score (nSPS) is 12.3. The molecule has 100 valence electrons. The van der Waals surface area contributed by atoms with Crippen molar-refractivity contribution in [3.05, 3.63) is 26.6 Å². The minimum Gasteiger partial charge on any atom is -0.480 e. The SMILES string of the molecule is Cc1noc(=O)c(=O)n1CCCC[C@H](N)C(=O)O. The number of nitrogens with zero attached hydrogens (tertiary/aromatic N) is 2. The molecule has 0 aliphatic rings. The van der Waals surface area contributed by atoms with E-state index in [1.54, 1.807) is 6.92 Å². The highest BCUT2D eigenvalue weighted by molar-refractivity contribution is 5.72. The number of unbranched alkanes of at least 4 members (excludes halogenated alkanes) is 1. The Labute approximate surface area is 102 Å². The average Bonchev–Trinajstić information content (AvgIpc) is 2.32. The number of carboxylic acids is 1. The van der Waals surface area contributed by atoms with E-state index in [4.69, 9.17) is 10.8 Å². The average molecular weight is 257 g/mol. The van der Waals surface area contributed by atoms with Gasteiger partial charge in [0.05, 0.1) is 0 Å². The summed E-state index contributed by atoms with van der Waals surface area (Å²) in [6.07, 6.45) is 1.39. The van der Waals surface area contributed by atoms with Crippen LogP contribution in [0.3, 0.4) is 0 Å². The van der Waals surface area contributed by atoms with Crippen molar-refractivity contribution < 1.29 is 14.4 Å².